The number of para-hydroxylation sites is 2. The second kappa shape index (κ2) is 12.6. The smallest absolute Gasteiger partial charge is 0.242 e. The van der Waals surface area contributed by atoms with Crippen molar-refractivity contribution in [3.8, 4) is 5.75 Å². The van der Waals surface area contributed by atoms with Crippen LogP contribution in [-0.4, -0.2) is 67.1 Å². The van der Waals surface area contributed by atoms with E-state index in [-0.39, 0.29) is 24.3 Å². The number of carbonyl (C=O) groups excluding carboxylic acids is 2. The molecule has 0 radical (unpaired) electrons. The minimum absolute atomic E-state index is 0.0172. The van der Waals surface area contributed by atoms with Gasteiger partial charge in [0.1, 0.15) is 5.75 Å². The lowest BCUT2D eigenvalue weighted by Crippen LogP contribution is -2.46. The molecule has 4 rings (SSSR count). The van der Waals surface area contributed by atoms with Crippen LogP contribution >= 0.6 is 0 Å². The number of nitrogens with zero attached hydrogens (tertiary/aromatic N) is 2. The maximum Gasteiger partial charge on any atom is 0.242 e. The number of hydrogen-bond acceptors (Lipinski definition) is 4. The van der Waals surface area contributed by atoms with Gasteiger partial charge in [-0.2, -0.15) is 0 Å². The molecule has 1 aliphatic rings. The molecule has 0 aliphatic heterocycles. The second-order valence-corrected chi connectivity index (χ2v) is 9.47. The molecule has 7 nitrogen and oxygen atoms in total. The molecular weight excluding hydrogens is 454 g/mol. The average molecular weight is 492 g/mol. The molecule has 192 valence electrons. The molecule has 0 spiro atoms. The summed E-state index contributed by atoms with van der Waals surface area (Å²) < 4.78 is 10.8. The van der Waals surface area contributed by atoms with Gasteiger partial charge in [0, 0.05) is 55.3 Å². The van der Waals surface area contributed by atoms with Crippen molar-refractivity contribution >= 4 is 22.7 Å². The first-order valence-corrected chi connectivity index (χ1v) is 12.8. The van der Waals surface area contributed by atoms with E-state index in [1.165, 1.54) is 10.9 Å². The number of amides is 2. The quantitative estimate of drug-likeness (QED) is 0.407. The Kier molecular flexibility index (Phi) is 9.01. The zero-order chi connectivity index (χ0) is 25.3. The van der Waals surface area contributed by atoms with Crippen molar-refractivity contribution in [2.24, 2.45) is 5.92 Å². The normalized spacial score (nSPS) is 13.7. The van der Waals surface area contributed by atoms with Crippen LogP contribution in [0.1, 0.15) is 36.8 Å². The summed E-state index contributed by atoms with van der Waals surface area (Å²) in [5.74, 6) is 0.777. The van der Waals surface area contributed by atoms with Crippen molar-refractivity contribution in [3.05, 3.63) is 65.9 Å². The fraction of sp³-hybridized carbons (Fsp3) is 0.448. The molecule has 1 heterocycles. The number of fused-ring (bicyclic) bond motifs is 1. The zero-order valence-electron chi connectivity index (χ0n) is 21.4. The summed E-state index contributed by atoms with van der Waals surface area (Å²) in [6.45, 7) is 1.84. The molecule has 1 saturated carbocycles. The SMILES string of the molecule is COCCN(CC(=O)N(CCc1c[nH]c2ccccc12)Cc1ccccc1OC)C(=O)C1CCCC1. The Morgan fingerprint density at radius 3 is 2.47 bits per heavy atom. The summed E-state index contributed by atoms with van der Waals surface area (Å²) in [6.07, 6.45) is 6.69. The highest BCUT2D eigenvalue weighted by Crippen LogP contribution is 2.27. The number of ether oxygens (including phenoxy) is 2. The summed E-state index contributed by atoms with van der Waals surface area (Å²) in [6, 6.07) is 16.0. The molecular formula is C29H37N3O4. The first kappa shape index (κ1) is 25.8. The average Bonchev–Trinajstić information content (AvgIpc) is 3.59. The van der Waals surface area contributed by atoms with Gasteiger partial charge in [0.15, 0.2) is 0 Å². The Hall–Kier alpha value is -3.32. The third kappa shape index (κ3) is 6.26. The standard InChI is InChI=1S/C29H37N3O4/c1-35-18-17-32(29(34)22-9-3-4-10-22)21-28(33)31(20-24-11-5-8-14-27(24)36-2)16-15-23-19-30-26-13-7-6-12-25(23)26/h5-8,11-14,19,22,30H,3-4,9-10,15-18,20-21H2,1-2H3. The van der Waals surface area contributed by atoms with E-state index in [0.717, 1.165) is 42.5 Å². The predicted octanol–water partition coefficient (Wildman–Crippen LogP) is 4.41. The molecule has 0 unspecified atom stereocenters. The van der Waals surface area contributed by atoms with E-state index in [1.807, 2.05) is 47.5 Å². The van der Waals surface area contributed by atoms with E-state index in [4.69, 9.17) is 9.47 Å². The van der Waals surface area contributed by atoms with Crippen LogP contribution in [0.5, 0.6) is 5.75 Å². The van der Waals surface area contributed by atoms with Crippen LogP contribution in [0.25, 0.3) is 10.9 Å². The molecule has 0 saturated heterocycles. The third-order valence-electron chi connectivity index (χ3n) is 7.14. The Labute approximate surface area is 213 Å². The number of hydrogen-bond donors (Lipinski definition) is 1. The summed E-state index contributed by atoms with van der Waals surface area (Å²) in [5, 5.41) is 1.17. The Balaban J connectivity index is 1.53. The number of rotatable bonds is 12. The van der Waals surface area contributed by atoms with Crippen LogP contribution < -0.4 is 4.74 Å². The fourth-order valence-electron chi connectivity index (χ4n) is 5.09. The topological polar surface area (TPSA) is 74.9 Å². The van der Waals surface area contributed by atoms with E-state index < -0.39 is 0 Å². The summed E-state index contributed by atoms with van der Waals surface area (Å²) in [5.41, 5.74) is 3.20. The summed E-state index contributed by atoms with van der Waals surface area (Å²) >= 11 is 0. The van der Waals surface area contributed by atoms with Crippen molar-refractivity contribution in [2.45, 2.75) is 38.6 Å². The van der Waals surface area contributed by atoms with E-state index in [0.29, 0.717) is 32.7 Å². The van der Waals surface area contributed by atoms with Crippen LogP contribution in [0.2, 0.25) is 0 Å². The highest BCUT2D eigenvalue weighted by Gasteiger charge is 2.29. The van der Waals surface area contributed by atoms with Gasteiger partial charge < -0.3 is 24.3 Å². The minimum Gasteiger partial charge on any atom is -0.496 e. The second-order valence-electron chi connectivity index (χ2n) is 9.47. The Morgan fingerprint density at radius 1 is 0.944 bits per heavy atom. The van der Waals surface area contributed by atoms with Crippen LogP contribution in [0.15, 0.2) is 54.7 Å². The van der Waals surface area contributed by atoms with E-state index in [2.05, 4.69) is 17.1 Å². The van der Waals surface area contributed by atoms with Crippen molar-refractivity contribution in [3.63, 3.8) is 0 Å². The number of benzene rings is 2. The lowest BCUT2D eigenvalue weighted by Gasteiger charge is -2.29. The van der Waals surface area contributed by atoms with Gasteiger partial charge in [-0.15, -0.1) is 0 Å². The number of H-pyrrole nitrogens is 1. The zero-order valence-corrected chi connectivity index (χ0v) is 21.4. The van der Waals surface area contributed by atoms with E-state index in [9.17, 15) is 9.59 Å². The number of aromatic amines is 1. The van der Waals surface area contributed by atoms with Gasteiger partial charge in [-0.25, -0.2) is 0 Å². The third-order valence-corrected chi connectivity index (χ3v) is 7.14. The highest BCUT2D eigenvalue weighted by molar-refractivity contribution is 5.86. The largest absolute Gasteiger partial charge is 0.496 e. The number of aromatic nitrogens is 1. The lowest BCUT2D eigenvalue weighted by molar-refractivity contribution is -0.143. The molecule has 36 heavy (non-hydrogen) atoms. The lowest BCUT2D eigenvalue weighted by atomic mass is 10.1. The van der Waals surface area contributed by atoms with Crippen LogP contribution in [0.3, 0.4) is 0 Å². The maximum atomic E-state index is 13.7. The minimum atomic E-state index is -0.0665. The van der Waals surface area contributed by atoms with Gasteiger partial charge in [0.2, 0.25) is 11.8 Å². The number of nitrogens with one attached hydrogen (secondary N) is 1. The maximum absolute atomic E-state index is 13.7. The number of methoxy groups -OCH3 is 2. The van der Waals surface area contributed by atoms with Gasteiger partial charge in [0.25, 0.3) is 0 Å². The van der Waals surface area contributed by atoms with Crippen LogP contribution in [0, 0.1) is 5.92 Å². The highest BCUT2D eigenvalue weighted by atomic mass is 16.5. The molecule has 1 aliphatic carbocycles. The van der Waals surface area contributed by atoms with Gasteiger partial charge >= 0.3 is 0 Å². The molecule has 0 bridgehead atoms. The van der Waals surface area contributed by atoms with Gasteiger partial charge in [0.05, 0.1) is 20.3 Å². The molecule has 1 aromatic heterocycles. The molecule has 0 atom stereocenters. The van der Waals surface area contributed by atoms with Crippen LogP contribution in [0.4, 0.5) is 0 Å². The van der Waals surface area contributed by atoms with Crippen molar-refractivity contribution in [1.29, 1.82) is 0 Å². The van der Waals surface area contributed by atoms with Crippen molar-refractivity contribution < 1.29 is 19.1 Å². The monoisotopic (exact) mass is 491 g/mol. The summed E-state index contributed by atoms with van der Waals surface area (Å²) in [7, 11) is 3.26. The Morgan fingerprint density at radius 2 is 1.69 bits per heavy atom. The fourth-order valence-corrected chi connectivity index (χ4v) is 5.09. The molecule has 2 amide bonds. The molecule has 7 heteroatoms. The Bertz CT molecular complexity index is 1150. The predicted molar refractivity (Wildman–Crippen MR) is 141 cm³/mol. The van der Waals surface area contributed by atoms with E-state index in [1.54, 1.807) is 19.1 Å². The molecule has 3 aromatic rings. The molecule has 1 fully saturated rings. The van der Waals surface area contributed by atoms with Gasteiger partial charge in [-0.1, -0.05) is 49.2 Å². The molecule has 2 aromatic carbocycles. The first-order chi connectivity index (χ1) is 17.6. The van der Waals surface area contributed by atoms with Crippen molar-refractivity contribution in [1.82, 2.24) is 14.8 Å². The summed E-state index contributed by atoms with van der Waals surface area (Å²) in [4.78, 5) is 33.8. The van der Waals surface area contributed by atoms with Gasteiger partial charge in [-0.05, 0) is 37.0 Å². The van der Waals surface area contributed by atoms with E-state index >= 15 is 0 Å². The van der Waals surface area contributed by atoms with Gasteiger partial charge in [-0.3, -0.25) is 9.59 Å². The number of carbonyl (C=O) groups is 2. The van der Waals surface area contributed by atoms with Crippen molar-refractivity contribution in [2.75, 3.05) is 40.5 Å². The first-order valence-electron chi connectivity index (χ1n) is 12.8. The van der Waals surface area contributed by atoms with Crippen LogP contribution in [-0.2, 0) is 27.3 Å². The molecule has 1 N–H and O–H groups in total.